The predicted octanol–water partition coefficient (Wildman–Crippen LogP) is 3.63. The third-order valence-corrected chi connectivity index (χ3v) is 4.82. The molecule has 1 heterocycles. The second-order valence-electron chi connectivity index (χ2n) is 6.99. The minimum Gasteiger partial charge on any atom is -0.312 e. The van der Waals surface area contributed by atoms with Crippen LogP contribution in [0.5, 0.6) is 0 Å². The molecule has 0 amide bonds. The van der Waals surface area contributed by atoms with Crippen LogP contribution >= 0.6 is 0 Å². The fourth-order valence-electron chi connectivity index (χ4n) is 3.36. The van der Waals surface area contributed by atoms with Crippen LogP contribution in [-0.2, 0) is 6.42 Å². The van der Waals surface area contributed by atoms with E-state index in [4.69, 9.17) is 0 Å². The number of aryl methyl sites for hydroxylation is 1. The minimum atomic E-state index is 0.412. The monoisotopic (exact) mass is 274 g/mol. The van der Waals surface area contributed by atoms with Gasteiger partial charge in [0.05, 0.1) is 0 Å². The standard InChI is InChI=1S/C18H30N2/c1-6-15-7-9-16(10-8-15)17(19-5)14(2)20-12-11-18(3,4)13-20/h7-10,14,17,19H,6,11-13H2,1-5H3. The summed E-state index contributed by atoms with van der Waals surface area (Å²) in [6, 6.07) is 10.1. The fraction of sp³-hybridized carbons (Fsp3) is 0.667. The van der Waals surface area contributed by atoms with Gasteiger partial charge < -0.3 is 5.32 Å². The molecular weight excluding hydrogens is 244 g/mol. The molecule has 2 nitrogen and oxygen atoms in total. The van der Waals surface area contributed by atoms with Crippen molar-refractivity contribution < 1.29 is 0 Å². The maximum absolute atomic E-state index is 3.52. The number of benzene rings is 1. The Morgan fingerprint density at radius 1 is 1.25 bits per heavy atom. The summed E-state index contributed by atoms with van der Waals surface area (Å²) in [5.74, 6) is 0. The van der Waals surface area contributed by atoms with E-state index in [1.165, 1.54) is 30.6 Å². The van der Waals surface area contributed by atoms with Gasteiger partial charge >= 0.3 is 0 Å². The molecule has 1 fully saturated rings. The van der Waals surface area contributed by atoms with Crippen molar-refractivity contribution in [2.75, 3.05) is 20.1 Å². The zero-order chi connectivity index (χ0) is 14.8. The topological polar surface area (TPSA) is 15.3 Å². The normalized spacial score (nSPS) is 21.9. The molecular formula is C18H30N2. The molecule has 1 aromatic rings. The van der Waals surface area contributed by atoms with Crippen molar-refractivity contribution in [3.8, 4) is 0 Å². The summed E-state index contributed by atoms with van der Waals surface area (Å²) < 4.78 is 0. The first kappa shape index (κ1) is 15.5. The lowest BCUT2D eigenvalue weighted by atomic mass is 9.93. The summed E-state index contributed by atoms with van der Waals surface area (Å²) in [6.07, 6.45) is 2.42. The van der Waals surface area contributed by atoms with Gasteiger partial charge in [-0.15, -0.1) is 0 Å². The Balaban J connectivity index is 2.10. The molecule has 0 radical (unpaired) electrons. The highest BCUT2D eigenvalue weighted by Gasteiger charge is 2.34. The second kappa shape index (κ2) is 6.28. The molecule has 0 saturated carbocycles. The van der Waals surface area contributed by atoms with Gasteiger partial charge in [-0.2, -0.15) is 0 Å². The Bertz CT molecular complexity index is 422. The number of rotatable bonds is 5. The van der Waals surface area contributed by atoms with Crippen LogP contribution in [-0.4, -0.2) is 31.1 Å². The number of nitrogens with one attached hydrogen (secondary N) is 1. The summed E-state index contributed by atoms with van der Waals surface area (Å²) in [7, 11) is 2.08. The molecule has 2 atom stereocenters. The fourth-order valence-corrected chi connectivity index (χ4v) is 3.36. The molecule has 1 saturated heterocycles. The number of hydrogen-bond donors (Lipinski definition) is 1. The van der Waals surface area contributed by atoms with Crippen LogP contribution in [0.3, 0.4) is 0 Å². The molecule has 0 aromatic heterocycles. The molecule has 2 unspecified atom stereocenters. The minimum absolute atomic E-state index is 0.412. The molecule has 0 spiro atoms. The summed E-state index contributed by atoms with van der Waals surface area (Å²) in [4.78, 5) is 2.63. The van der Waals surface area contributed by atoms with Gasteiger partial charge in [-0.3, -0.25) is 4.90 Å². The molecule has 2 rings (SSSR count). The predicted molar refractivity (Wildman–Crippen MR) is 87.1 cm³/mol. The summed E-state index contributed by atoms with van der Waals surface area (Å²) in [5, 5.41) is 3.52. The number of hydrogen-bond acceptors (Lipinski definition) is 2. The largest absolute Gasteiger partial charge is 0.312 e. The van der Waals surface area contributed by atoms with E-state index in [9.17, 15) is 0 Å². The maximum Gasteiger partial charge on any atom is 0.0473 e. The Kier molecular flexibility index (Phi) is 4.87. The Labute approximate surface area is 124 Å². The van der Waals surface area contributed by atoms with E-state index in [2.05, 4.69) is 69.2 Å². The Morgan fingerprint density at radius 3 is 2.35 bits per heavy atom. The highest BCUT2D eigenvalue weighted by molar-refractivity contribution is 5.26. The van der Waals surface area contributed by atoms with E-state index >= 15 is 0 Å². The third-order valence-electron chi connectivity index (χ3n) is 4.82. The van der Waals surface area contributed by atoms with Gasteiger partial charge in [0.25, 0.3) is 0 Å². The average molecular weight is 274 g/mol. The highest BCUT2D eigenvalue weighted by atomic mass is 15.2. The van der Waals surface area contributed by atoms with Gasteiger partial charge in [-0.1, -0.05) is 45.0 Å². The van der Waals surface area contributed by atoms with Crippen LogP contribution in [0.25, 0.3) is 0 Å². The maximum atomic E-state index is 3.52. The summed E-state index contributed by atoms with van der Waals surface area (Å²) >= 11 is 0. The van der Waals surface area contributed by atoms with E-state index in [-0.39, 0.29) is 0 Å². The SMILES string of the molecule is CCc1ccc(C(NC)C(C)N2CCC(C)(C)C2)cc1. The van der Waals surface area contributed by atoms with Gasteiger partial charge in [0.1, 0.15) is 0 Å². The zero-order valence-corrected chi connectivity index (χ0v) is 13.7. The van der Waals surface area contributed by atoms with Crippen molar-refractivity contribution in [1.29, 1.82) is 0 Å². The van der Waals surface area contributed by atoms with E-state index in [0.717, 1.165) is 6.42 Å². The van der Waals surface area contributed by atoms with E-state index < -0.39 is 0 Å². The molecule has 2 heteroatoms. The first-order chi connectivity index (χ1) is 9.46. The van der Waals surface area contributed by atoms with Gasteiger partial charge in [0, 0.05) is 18.6 Å². The highest BCUT2D eigenvalue weighted by Crippen LogP contribution is 2.33. The smallest absolute Gasteiger partial charge is 0.0473 e. The molecule has 0 aliphatic carbocycles. The first-order valence-corrected chi connectivity index (χ1v) is 7.97. The van der Waals surface area contributed by atoms with Crippen molar-refractivity contribution in [3.05, 3.63) is 35.4 Å². The van der Waals surface area contributed by atoms with Crippen LogP contribution < -0.4 is 5.32 Å². The van der Waals surface area contributed by atoms with Crippen molar-refractivity contribution in [1.82, 2.24) is 10.2 Å². The van der Waals surface area contributed by atoms with Crippen molar-refractivity contribution in [3.63, 3.8) is 0 Å². The summed E-state index contributed by atoms with van der Waals surface area (Å²) in [6.45, 7) is 11.8. The molecule has 112 valence electrons. The van der Waals surface area contributed by atoms with E-state index in [1.54, 1.807) is 0 Å². The molecule has 0 bridgehead atoms. The van der Waals surface area contributed by atoms with Gasteiger partial charge in [0.2, 0.25) is 0 Å². The van der Waals surface area contributed by atoms with E-state index in [1.807, 2.05) is 0 Å². The molecule has 20 heavy (non-hydrogen) atoms. The molecule has 1 aromatic carbocycles. The van der Waals surface area contributed by atoms with Crippen molar-refractivity contribution in [2.45, 2.75) is 52.6 Å². The van der Waals surface area contributed by atoms with Crippen LogP contribution in [0.15, 0.2) is 24.3 Å². The van der Waals surface area contributed by atoms with Crippen LogP contribution in [0.4, 0.5) is 0 Å². The molecule has 1 aliphatic rings. The lowest BCUT2D eigenvalue weighted by Crippen LogP contribution is -2.41. The number of likely N-dealkylation sites (N-methyl/N-ethyl adjacent to an activating group) is 1. The molecule has 1 N–H and O–H groups in total. The van der Waals surface area contributed by atoms with Crippen LogP contribution in [0.2, 0.25) is 0 Å². The van der Waals surface area contributed by atoms with Gasteiger partial charge in [-0.05, 0) is 49.9 Å². The quantitative estimate of drug-likeness (QED) is 0.882. The van der Waals surface area contributed by atoms with Gasteiger partial charge in [0.15, 0.2) is 0 Å². The first-order valence-electron chi connectivity index (χ1n) is 7.97. The molecule has 1 aliphatic heterocycles. The zero-order valence-electron chi connectivity index (χ0n) is 13.7. The lowest BCUT2D eigenvalue weighted by Gasteiger charge is -2.33. The number of likely N-dealkylation sites (tertiary alicyclic amines) is 1. The number of nitrogens with zero attached hydrogens (tertiary/aromatic N) is 1. The second-order valence-corrected chi connectivity index (χ2v) is 6.99. The Morgan fingerprint density at radius 2 is 1.90 bits per heavy atom. The van der Waals surface area contributed by atoms with Crippen molar-refractivity contribution in [2.24, 2.45) is 5.41 Å². The average Bonchev–Trinajstić information content (AvgIpc) is 2.80. The Hall–Kier alpha value is -0.860. The van der Waals surface area contributed by atoms with E-state index in [0.29, 0.717) is 17.5 Å². The van der Waals surface area contributed by atoms with Crippen molar-refractivity contribution >= 4 is 0 Å². The lowest BCUT2D eigenvalue weighted by molar-refractivity contribution is 0.192. The van der Waals surface area contributed by atoms with Gasteiger partial charge in [-0.25, -0.2) is 0 Å². The van der Waals surface area contributed by atoms with Crippen LogP contribution in [0, 0.1) is 5.41 Å². The summed E-state index contributed by atoms with van der Waals surface area (Å²) in [5.41, 5.74) is 3.29. The van der Waals surface area contributed by atoms with Crippen LogP contribution in [0.1, 0.15) is 51.3 Å². The third kappa shape index (κ3) is 3.42.